The molecule has 0 radical (unpaired) electrons. The lowest BCUT2D eigenvalue weighted by Crippen LogP contribution is -2.30. The summed E-state index contributed by atoms with van der Waals surface area (Å²) in [5, 5.41) is 3.06. The molecule has 0 unspecified atom stereocenters. The molecule has 0 aliphatic heterocycles. The maximum atomic E-state index is 12.0. The van der Waals surface area contributed by atoms with Gasteiger partial charge in [-0.2, -0.15) is 0 Å². The molecule has 0 spiro atoms. The number of amides is 1. The summed E-state index contributed by atoms with van der Waals surface area (Å²) in [4.78, 5) is 24.0. The number of para-hydroxylation sites is 2. The Morgan fingerprint density at radius 1 is 0.857 bits per heavy atom. The van der Waals surface area contributed by atoms with E-state index in [2.05, 4.69) is 5.32 Å². The summed E-state index contributed by atoms with van der Waals surface area (Å²) in [5.41, 5.74) is 1.14. The second-order valence-electron chi connectivity index (χ2n) is 5.87. The number of carbonyl (C=O) groups excluding carboxylic acids is 2. The molecule has 3 aromatic carbocycles. The number of benzene rings is 3. The van der Waals surface area contributed by atoms with E-state index in [-0.39, 0.29) is 19.1 Å². The minimum Gasteiger partial charge on any atom is -0.459 e. The molecule has 28 heavy (non-hydrogen) atoms. The van der Waals surface area contributed by atoms with Gasteiger partial charge in [0.25, 0.3) is 5.91 Å². The van der Waals surface area contributed by atoms with E-state index in [4.69, 9.17) is 21.1 Å². The Balaban J connectivity index is 1.52. The van der Waals surface area contributed by atoms with Crippen LogP contribution in [-0.2, 0) is 16.1 Å². The fourth-order valence-corrected chi connectivity index (χ4v) is 2.53. The first-order valence-corrected chi connectivity index (χ1v) is 9.00. The molecule has 0 aliphatic rings. The van der Waals surface area contributed by atoms with Crippen LogP contribution in [0, 0.1) is 0 Å². The van der Waals surface area contributed by atoms with Gasteiger partial charge < -0.3 is 14.8 Å². The number of rotatable bonds is 7. The number of ether oxygens (including phenoxy) is 2. The third-order valence-corrected chi connectivity index (χ3v) is 4.08. The van der Waals surface area contributed by atoms with E-state index in [1.165, 1.54) is 0 Å². The summed E-state index contributed by atoms with van der Waals surface area (Å²) in [6.45, 7) is -0.193. The molecule has 3 rings (SSSR count). The highest BCUT2D eigenvalue weighted by Gasteiger charge is 2.11. The number of carbonyl (C=O) groups is 2. The SMILES string of the molecule is O=C(CNC(=O)c1ccc(Cl)cc1)OCc1ccccc1Oc1ccccc1. The maximum Gasteiger partial charge on any atom is 0.325 e. The quantitative estimate of drug-likeness (QED) is 0.593. The molecule has 6 heteroatoms. The van der Waals surface area contributed by atoms with E-state index >= 15 is 0 Å². The summed E-state index contributed by atoms with van der Waals surface area (Å²) in [7, 11) is 0. The second kappa shape index (κ2) is 9.58. The van der Waals surface area contributed by atoms with Crippen molar-refractivity contribution in [2.45, 2.75) is 6.61 Å². The van der Waals surface area contributed by atoms with Crippen molar-refractivity contribution in [3.05, 3.63) is 95.0 Å². The van der Waals surface area contributed by atoms with Crippen molar-refractivity contribution in [1.29, 1.82) is 0 Å². The number of halogens is 1. The van der Waals surface area contributed by atoms with E-state index < -0.39 is 5.97 Å². The van der Waals surface area contributed by atoms with Gasteiger partial charge in [-0.1, -0.05) is 48.0 Å². The molecule has 142 valence electrons. The highest BCUT2D eigenvalue weighted by Crippen LogP contribution is 2.25. The van der Waals surface area contributed by atoms with Crippen molar-refractivity contribution in [3.63, 3.8) is 0 Å². The molecule has 0 heterocycles. The van der Waals surface area contributed by atoms with E-state index in [9.17, 15) is 9.59 Å². The minimum atomic E-state index is -0.545. The van der Waals surface area contributed by atoms with E-state index in [0.717, 1.165) is 5.56 Å². The van der Waals surface area contributed by atoms with Crippen LogP contribution in [-0.4, -0.2) is 18.4 Å². The summed E-state index contributed by atoms with van der Waals surface area (Å²) in [6.07, 6.45) is 0. The highest BCUT2D eigenvalue weighted by molar-refractivity contribution is 6.30. The monoisotopic (exact) mass is 395 g/mol. The minimum absolute atomic E-state index is 0.0403. The molecule has 0 atom stereocenters. The van der Waals surface area contributed by atoms with Crippen LogP contribution in [0.25, 0.3) is 0 Å². The largest absolute Gasteiger partial charge is 0.459 e. The summed E-state index contributed by atoms with van der Waals surface area (Å²) in [6, 6.07) is 23.0. The number of nitrogens with one attached hydrogen (secondary N) is 1. The summed E-state index contributed by atoms with van der Waals surface area (Å²) >= 11 is 5.79. The molecule has 0 saturated heterocycles. The molecule has 5 nitrogen and oxygen atoms in total. The lowest BCUT2D eigenvalue weighted by atomic mass is 10.2. The predicted molar refractivity (Wildman–Crippen MR) is 107 cm³/mol. The molecule has 0 bridgehead atoms. The fourth-order valence-electron chi connectivity index (χ4n) is 2.40. The van der Waals surface area contributed by atoms with Gasteiger partial charge in [0.2, 0.25) is 0 Å². The van der Waals surface area contributed by atoms with Gasteiger partial charge in [0.1, 0.15) is 24.7 Å². The van der Waals surface area contributed by atoms with Crippen LogP contribution in [0.4, 0.5) is 0 Å². The molecule has 0 fully saturated rings. The molecular weight excluding hydrogens is 378 g/mol. The van der Waals surface area contributed by atoms with Gasteiger partial charge in [-0.05, 0) is 42.5 Å². The van der Waals surface area contributed by atoms with Gasteiger partial charge >= 0.3 is 5.97 Å². The Morgan fingerprint density at radius 2 is 1.54 bits per heavy atom. The molecule has 1 N–H and O–H groups in total. The zero-order valence-electron chi connectivity index (χ0n) is 14.9. The Kier molecular flexibility index (Phi) is 6.65. The smallest absolute Gasteiger partial charge is 0.325 e. The lowest BCUT2D eigenvalue weighted by Gasteiger charge is -2.12. The Labute approximate surface area is 167 Å². The van der Waals surface area contributed by atoms with Gasteiger partial charge in [0, 0.05) is 16.1 Å². The summed E-state index contributed by atoms with van der Waals surface area (Å²) in [5.74, 6) is 0.376. The van der Waals surface area contributed by atoms with Gasteiger partial charge in [-0.15, -0.1) is 0 Å². The third-order valence-electron chi connectivity index (χ3n) is 3.83. The number of hydrogen-bond acceptors (Lipinski definition) is 4. The van der Waals surface area contributed by atoms with Crippen LogP contribution in [0.3, 0.4) is 0 Å². The van der Waals surface area contributed by atoms with E-state index in [1.54, 1.807) is 30.3 Å². The van der Waals surface area contributed by atoms with Crippen LogP contribution in [0.1, 0.15) is 15.9 Å². The second-order valence-corrected chi connectivity index (χ2v) is 6.31. The van der Waals surface area contributed by atoms with Gasteiger partial charge in [-0.25, -0.2) is 0 Å². The van der Waals surface area contributed by atoms with Crippen molar-refractivity contribution < 1.29 is 19.1 Å². The van der Waals surface area contributed by atoms with Crippen LogP contribution in [0.15, 0.2) is 78.9 Å². The lowest BCUT2D eigenvalue weighted by molar-refractivity contribution is -0.143. The molecule has 1 amide bonds. The van der Waals surface area contributed by atoms with Crippen LogP contribution in [0.5, 0.6) is 11.5 Å². The van der Waals surface area contributed by atoms with Gasteiger partial charge in [0.05, 0.1) is 0 Å². The normalized spacial score (nSPS) is 10.2. The Morgan fingerprint density at radius 3 is 2.29 bits per heavy atom. The van der Waals surface area contributed by atoms with Crippen molar-refractivity contribution in [1.82, 2.24) is 5.32 Å². The van der Waals surface area contributed by atoms with Crippen LogP contribution in [0.2, 0.25) is 5.02 Å². The van der Waals surface area contributed by atoms with E-state index in [0.29, 0.717) is 22.1 Å². The molecule has 0 saturated carbocycles. The zero-order chi connectivity index (χ0) is 19.8. The highest BCUT2D eigenvalue weighted by atomic mass is 35.5. The fraction of sp³-hybridized carbons (Fsp3) is 0.0909. The standard InChI is InChI=1S/C22H18ClNO4/c23-18-12-10-16(11-13-18)22(26)24-14-21(25)27-15-17-6-4-5-9-20(17)28-19-7-2-1-3-8-19/h1-13H,14-15H2,(H,24,26). The predicted octanol–water partition coefficient (Wildman–Crippen LogP) is 4.61. The average molecular weight is 396 g/mol. The first-order valence-electron chi connectivity index (χ1n) is 8.62. The zero-order valence-corrected chi connectivity index (χ0v) is 15.7. The van der Waals surface area contributed by atoms with Crippen molar-refractivity contribution in [2.24, 2.45) is 0 Å². The first kappa shape index (κ1) is 19.5. The van der Waals surface area contributed by atoms with Crippen LogP contribution >= 0.6 is 11.6 Å². The average Bonchev–Trinajstić information content (AvgIpc) is 2.72. The molecule has 0 aromatic heterocycles. The Bertz CT molecular complexity index is 942. The maximum absolute atomic E-state index is 12.0. The Hall–Kier alpha value is -3.31. The van der Waals surface area contributed by atoms with E-state index in [1.807, 2.05) is 48.5 Å². The van der Waals surface area contributed by atoms with Crippen molar-refractivity contribution in [3.8, 4) is 11.5 Å². The topological polar surface area (TPSA) is 64.6 Å². The number of hydrogen-bond donors (Lipinski definition) is 1. The molecular formula is C22H18ClNO4. The van der Waals surface area contributed by atoms with Crippen molar-refractivity contribution >= 4 is 23.5 Å². The molecule has 0 aliphatic carbocycles. The molecule has 3 aromatic rings. The van der Waals surface area contributed by atoms with Gasteiger partial charge in [0.15, 0.2) is 0 Å². The summed E-state index contributed by atoms with van der Waals surface area (Å²) < 4.78 is 11.1. The first-order chi connectivity index (χ1) is 13.6. The number of esters is 1. The van der Waals surface area contributed by atoms with Crippen LogP contribution < -0.4 is 10.1 Å². The van der Waals surface area contributed by atoms with Gasteiger partial charge in [-0.3, -0.25) is 9.59 Å². The third kappa shape index (κ3) is 5.59. The van der Waals surface area contributed by atoms with Crippen molar-refractivity contribution in [2.75, 3.05) is 6.54 Å².